The molecule has 0 amide bonds. The monoisotopic (exact) mass is 233 g/mol. The van der Waals surface area contributed by atoms with Gasteiger partial charge in [-0.15, -0.1) is 0 Å². The molecule has 0 bridgehead atoms. The lowest BCUT2D eigenvalue weighted by atomic mass is 10.1. The average Bonchev–Trinajstić information content (AvgIpc) is 2.61. The first-order chi connectivity index (χ1) is 8.08. The summed E-state index contributed by atoms with van der Waals surface area (Å²) in [5.41, 5.74) is 2.53. The van der Waals surface area contributed by atoms with Gasteiger partial charge < -0.3 is 4.74 Å². The lowest BCUT2D eigenvalue weighted by molar-refractivity contribution is -0.144. The summed E-state index contributed by atoms with van der Waals surface area (Å²) in [6.07, 6.45) is 0.841. The van der Waals surface area contributed by atoms with Crippen molar-refractivity contribution in [1.82, 2.24) is 4.90 Å². The zero-order valence-electron chi connectivity index (χ0n) is 10.6. The van der Waals surface area contributed by atoms with Gasteiger partial charge in [-0.3, -0.25) is 9.69 Å². The molecule has 17 heavy (non-hydrogen) atoms. The maximum Gasteiger partial charge on any atom is 0.323 e. The van der Waals surface area contributed by atoms with Gasteiger partial charge in [-0.1, -0.05) is 24.3 Å². The number of benzene rings is 1. The van der Waals surface area contributed by atoms with Gasteiger partial charge in [0.05, 0.1) is 0 Å². The van der Waals surface area contributed by atoms with Crippen molar-refractivity contribution in [2.24, 2.45) is 0 Å². The van der Waals surface area contributed by atoms with Gasteiger partial charge in [0.25, 0.3) is 0 Å². The lowest BCUT2D eigenvalue weighted by Crippen LogP contribution is -2.34. The molecule has 2 atom stereocenters. The van der Waals surface area contributed by atoms with Gasteiger partial charge in [0, 0.05) is 13.0 Å². The van der Waals surface area contributed by atoms with Crippen molar-refractivity contribution in [3.05, 3.63) is 35.4 Å². The number of rotatable bonds is 3. The fourth-order valence-electron chi connectivity index (χ4n) is 2.26. The maximum absolute atomic E-state index is 11.6. The third-order valence-corrected chi connectivity index (χ3v) is 3.36. The van der Waals surface area contributed by atoms with E-state index in [1.165, 1.54) is 11.1 Å². The number of aryl methyl sites for hydroxylation is 1. The molecule has 1 saturated heterocycles. The van der Waals surface area contributed by atoms with Gasteiger partial charge in [-0.25, -0.2) is 0 Å². The molecule has 3 heteroatoms. The van der Waals surface area contributed by atoms with Crippen LogP contribution in [-0.4, -0.2) is 30.1 Å². The van der Waals surface area contributed by atoms with Crippen LogP contribution in [0.1, 0.15) is 24.5 Å². The number of likely N-dealkylation sites (N-methyl/N-ethyl adjacent to an activating group) is 1. The zero-order valence-corrected chi connectivity index (χ0v) is 10.6. The largest absolute Gasteiger partial charge is 0.461 e. The number of cyclic esters (lactones) is 1. The van der Waals surface area contributed by atoms with E-state index in [4.69, 9.17) is 4.74 Å². The Morgan fingerprint density at radius 1 is 1.41 bits per heavy atom. The Bertz CT molecular complexity index is 416. The molecule has 0 aliphatic carbocycles. The Morgan fingerprint density at radius 3 is 2.71 bits per heavy atom. The van der Waals surface area contributed by atoms with Crippen LogP contribution >= 0.6 is 0 Å². The highest BCUT2D eigenvalue weighted by Gasteiger charge is 2.34. The van der Waals surface area contributed by atoms with E-state index in [0.717, 1.165) is 13.0 Å². The third-order valence-electron chi connectivity index (χ3n) is 3.36. The SMILES string of the molecule is Cc1ccccc1CN(C)[C@@H]1C[C@@H](C)OC1=O. The predicted octanol–water partition coefficient (Wildman–Crippen LogP) is 2.13. The smallest absolute Gasteiger partial charge is 0.323 e. The molecule has 1 heterocycles. The molecule has 0 unspecified atom stereocenters. The first kappa shape index (κ1) is 12.1. The van der Waals surface area contributed by atoms with E-state index in [1.807, 2.05) is 26.1 Å². The van der Waals surface area contributed by atoms with Crippen LogP contribution in [-0.2, 0) is 16.1 Å². The van der Waals surface area contributed by atoms with Gasteiger partial charge >= 0.3 is 5.97 Å². The number of hydrogen-bond acceptors (Lipinski definition) is 3. The minimum atomic E-state index is -0.0930. The van der Waals surface area contributed by atoms with E-state index in [2.05, 4.69) is 24.0 Å². The summed E-state index contributed by atoms with van der Waals surface area (Å²) in [5.74, 6) is -0.0893. The summed E-state index contributed by atoms with van der Waals surface area (Å²) in [4.78, 5) is 13.7. The number of hydrogen-bond donors (Lipinski definition) is 0. The number of carbonyl (C=O) groups excluding carboxylic acids is 1. The minimum absolute atomic E-state index is 0.0480. The molecule has 0 saturated carbocycles. The van der Waals surface area contributed by atoms with Crippen molar-refractivity contribution >= 4 is 5.97 Å². The molecule has 1 aromatic rings. The molecule has 92 valence electrons. The van der Waals surface area contributed by atoms with E-state index in [1.54, 1.807) is 0 Å². The molecule has 3 nitrogen and oxygen atoms in total. The Kier molecular flexibility index (Phi) is 3.48. The van der Waals surface area contributed by atoms with Crippen molar-refractivity contribution in [3.63, 3.8) is 0 Å². The summed E-state index contributed by atoms with van der Waals surface area (Å²) in [6, 6.07) is 8.18. The molecule has 1 aliphatic rings. The van der Waals surface area contributed by atoms with E-state index in [-0.39, 0.29) is 18.1 Å². The summed E-state index contributed by atoms with van der Waals surface area (Å²) in [6.45, 7) is 4.83. The highest BCUT2D eigenvalue weighted by molar-refractivity contribution is 5.77. The van der Waals surface area contributed by atoms with E-state index >= 15 is 0 Å². The standard InChI is InChI=1S/C14H19NO2/c1-10-6-4-5-7-12(10)9-15(3)13-8-11(2)17-14(13)16/h4-7,11,13H,8-9H2,1-3H3/t11-,13-/m1/s1. The first-order valence-corrected chi connectivity index (χ1v) is 6.03. The average molecular weight is 233 g/mol. The highest BCUT2D eigenvalue weighted by atomic mass is 16.6. The van der Waals surface area contributed by atoms with Crippen LogP contribution in [0.5, 0.6) is 0 Å². The number of esters is 1. The molecule has 1 fully saturated rings. The fourth-order valence-corrected chi connectivity index (χ4v) is 2.26. The normalized spacial score (nSPS) is 24.1. The first-order valence-electron chi connectivity index (χ1n) is 6.03. The molecule has 0 spiro atoms. The topological polar surface area (TPSA) is 29.5 Å². The summed E-state index contributed by atoms with van der Waals surface area (Å²) < 4.78 is 5.18. The van der Waals surface area contributed by atoms with Crippen molar-refractivity contribution in [1.29, 1.82) is 0 Å². The summed E-state index contributed by atoms with van der Waals surface area (Å²) in [7, 11) is 1.98. The van der Waals surface area contributed by atoms with E-state index in [9.17, 15) is 4.79 Å². The third kappa shape index (κ3) is 2.67. The Labute approximate surface area is 102 Å². The van der Waals surface area contributed by atoms with Crippen molar-refractivity contribution in [2.75, 3.05) is 7.05 Å². The summed E-state index contributed by atoms with van der Waals surface area (Å²) >= 11 is 0. The Hall–Kier alpha value is -1.35. The Balaban J connectivity index is 2.05. The van der Waals surface area contributed by atoms with Crippen LogP contribution in [0.2, 0.25) is 0 Å². The second kappa shape index (κ2) is 4.88. The molecular formula is C14H19NO2. The van der Waals surface area contributed by atoms with E-state index in [0.29, 0.717) is 0 Å². The highest BCUT2D eigenvalue weighted by Crippen LogP contribution is 2.21. The quantitative estimate of drug-likeness (QED) is 0.749. The van der Waals surface area contributed by atoms with Crippen LogP contribution in [0, 0.1) is 6.92 Å². The van der Waals surface area contributed by atoms with Gasteiger partial charge in [-0.05, 0) is 32.0 Å². The number of carbonyl (C=O) groups is 1. The molecule has 1 aromatic carbocycles. The van der Waals surface area contributed by atoms with Crippen LogP contribution in [0.4, 0.5) is 0 Å². The molecule has 0 N–H and O–H groups in total. The van der Waals surface area contributed by atoms with Gasteiger partial charge in [0.15, 0.2) is 0 Å². The van der Waals surface area contributed by atoms with Gasteiger partial charge in [0.1, 0.15) is 12.1 Å². The van der Waals surface area contributed by atoms with Crippen molar-refractivity contribution in [3.8, 4) is 0 Å². The Morgan fingerprint density at radius 2 is 2.12 bits per heavy atom. The molecule has 0 radical (unpaired) electrons. The second-order valence-electron chi connectivity index (χ2n) is 4.84. The van der Waals surface area contributed by atoms with Crippen molar-refractivity contribution < 1.29 is 9.53 Å². The molecule has 2 rings (SSSR count). The van der Waals surface area contributed by atoms with Crippen LogP contribution in [0.15, 0.2) is 24.3 Å². The van der Waals surface area contributed by atoms with E-state index < -0.39 is 0 Å². The second-order valence-corrected chi connectivity index (χ2v) is 4.84. The van der Waals surface area contributed by atoms with Crippen LogP contribution in [0.3, 0.4) is 0 Å². The fraction of sp³-hybridized carbons (Fsp3) is 0.500. The number of ether oxygens (including phenoxy) is 1. The zero-order chi connectivity index (χ0) is 12.4. The van der Waals surface area contributed by atoms with Crippen LogP contribution in [0.25, 0.3) is 0 Å². The van der Waals surface area contributed by atoms with Gasteiger partial charge in [0.2, 0.25) is 0 Å². The minimum Gasteiger partial charge on any atom is -0.461 e. The number of nitrogens with zero attached hydrogens (tertiary/aromatic N) is 1. The molecular weight excluding hydrogens is 214 g/mol. The molecule has 1 aliphatic heterocycles. The maximum atomic E-state index is 11.6. The van der Waals surface area contributed by atoms with Crippen LogP contribution < -0.4 is 0 Å². The summed E-state index contributed by atoms with van der Waals surface area (Å²) in [5, 5.41) is 0. The predicted molar refractivity (Wildman–Crippen MR) is 66.6 cm³/mol. The molecule has 0 aromatic heterocycles. The van der Waals surface area contributed by atoms with Gasteiger partial charge in [-0.2, -0.15) is 0 Å². The van der Waals surface area contributed by atoms with Crippen molar-refractivity contribution in [2.45, 2.75) is 39.0 Å². The lowest BCUT2D eigenvalue weighted by Gasteiger charge is -2.21.